The van der Waals surface area contributed by atoms with Crippen LogP contribution in [0.15, 0.2) is 48.5 Å². The van der Waals surface area contributed by atoms with Crippen molar-refractivity contribution >= 4 is 5.97 Å². The maximum Gasteiger partial charge on any atom is 0.573 e. The van der Waals surface area contributed by atoms with E-state index < -0.39 is 18.4 Å². The maximum atomic E-state index is 12.1. The van der Waals surface area contributed by atoms with Crippen molar-refractivity contribution in [2.75, 3.05) is 6.61 Å². The molecular formula is C19H19F3O5. The number of halogens is 3. The SMILES string of the molecule is CCOC(CC(=O)O)c1ccc(OCc2ccc(OC(F)(F)F)cc2)cc1. The molecule has 0 fully saturated rings. The monoisotopic (exact) mass is 384 g/mol. The van der Waals surface area contributed by atoms with Crippen molar-refractivity contribution in [1.29, 1.82) is 0 Å². The first kappa shape index (κ1) is 20.6. The molecule has 0 saturated carbocycles. The third-order valence-electron chi connectivity index (χ3n) is 3.54. The minimum absolute atomic E-state index is 0.139. The molecule has 2 rings (SSSR count). The van der Waals surface area contributed by atoms with Gasteiger partial charge >= 0.3 is 12.3 Å². The van der Waals surface area contributed by atoms with Crippen LogP contribution in [0.25, 0.3) is 0 Å². The number of carboxylic acid groups (broad SMARTS) is 1. The quantitative estimate of drug-likeness (QED) is 0.678. The molecule has 1 unspecified atom stereocenters. The molecule has 2 aromatic carbocycles. The third-order valence-corrected chi connectivity index (χ3v) is 3.54. The molecule has 0 spiro atoms. The number of hydrogen-bond donors (Lipinski definition) is 1. The van der Waals surface area contributed by atoms with Gasteiger partial charge in [0, 0.05) is 6.61 Å². The summed E-state index contributed by atoms with van der Waals surface area (Å²) >= 11 is 0. The van der Waals surface area contributed by atoms with E-state index >= 15 is 0 Å². The Balaban J connectivity index is 1.93. The average molecular weight is 384 g/mol. The lowest BCUT2D eigenvalue weighted by atomic mass is 10.1. The molecule has 0 bridgehead atoms. The van der Waals surface area contributed by atoms with E-state index in [4.69, 9.17) is 14.6 Å². The zero-order valence-corrected chi connectivity index (χ0v) is 14.5. The van der Waals surface area contributed by atoms with Crippen LogP contribution in [-0.4, -0.2) is 24.0 Å². The molecule has 8 heteroatoms. The minimum Gasteiger partial charge on any atom is -0.489 e. The zero-order valence-electron chi connectivity index (χ0n) is 14.5. The van der Waals surface area contributed by atoms with Crippen molar-refractivity contribution in [3.8, 4) is 11.5 Å². The van der Waals surface area contributed by atoms with Crippen molar-refractivity contribution in [2.45, 2.75) is 32.4 Å². The largest absolute Gasteiger partial charge is 0.573 e. The van der Waals surface area contributed by atoms with Gasteiger partial charge < -0.3 is 19.3 Å². The number of hydrogen-bond acceptors (Lipinski definition) is 4. The molecule has 1 N–H and O–H groups in total. The van der Waals surface area contributed by atoms with Crippen LogP contribution in [0.5, 0.6) is 11.5 Å². The molecule has 146 valence electrons. The number of ether oxygens (including phenoxy) is 3. The Kier molecular flexibility index (Phi) is 7.06. The second-order valence-electron chi connectivity index (χ2n) is 5.59. The lowest BCUT2D eigenvalue weighted by Gasteiger charge is -2.16. The molecular weight excluding hydrogens is 365 g/mol. The van der Waals surface area contributed by atoms with Crippen molar-refractivity contribution in [3.63, 3.8) is 0 Å². The van der Waals surface area contributed by atoms with Crippen LogP contribution < -0.4 is 9.47 Å². The second-order valence-corrected chi connectivity index (χ2v) is 5.59. The van der Waals surface area contributed by atoms with Crippen LogP contribution in [0.1, 0.15) is 30.6 Å². The highest BCUT2D eigenvalue weighted by Crippen LogP contribution is 2.25. The summed E-state index contributed by atoms with van der Waals surface area (Å²) in [6.07, 6.45) is -5.40. The standard InChI is InChI=1S/C19H19F3O5/c1-2-25-17(11-18(23)24)14-5-9-15(10-6-14)26-12-13-3-7-16(8-4-13)27-19(20,21)22/h3-10,17H,2,11-12H2,1H3,(H,23,24). The molecule has 5 nitrogen and oxygen atoms in total. The predicted molar refractivity (Wildman–Crippen MR) is 90.5 cm³/mol. The fourth-order valence-corrected chi connectivity index (χ4v) is 2.37. The van der Waals surface area contributed by atoms with E-state index in [0.717, 1.165) is 5.56 Å². The van der Waals surface area contributed by atoms with Gasteiger partial charge in [-0.25, -0.2) is 0 Å². The molecule has 27 heavy (non-hydrogen) atoms. The van der Waals surface area contributed by atoms with Gasteiger partial charge in [0.2, 0.25) is 0 Å². The Morgan fingerprint density at radius 3 is 2.15 bits per heavy atom. The van der Waals surface area contributed by atoms with Crippen molar-refractivity contribution in [2.24, 2.45) is 0 Å². The number of rotatable bonds is 9. The first-order valence-corrected chi connectivity index (χ1v) is 8.17. The molecule has 0 radical (unpaired) electrons. The van der Waals surface area contributed by atoms with Crippen molar-refractivity contribution < 1.29 is 37.3 Å². The van der Waals surface area contributed by atoms with Crippen LogP contribution in [0, 0.1) is 0 Å². The van der Waals surface area contributed by atoms with Crippen LogP contribution >= 0.6 is 0 Å². The highest BCUT2D eigenvalue weighted by molar-refractivity contribution is 5.67. The van der Waals surface area contributed by atoms with Crippen molar-refractivity contribution in [1.82, 2.24) is 0 Å². The van der Waals surface area contributed by atoms with Crippen LogP contribution in [-0.2, 0) is 16.1 Å². The molecule has 2 aromatic rings. The van der Waals surface area contributed by atoms with Gasteiger partial charge in [-0.1, -0.05) is 24.3 Å². The van der Waals surface area contributed by atoms with Gasteiger partial charge in [0.1, 0.15) is 18.1 Å². The topological polar surface area (TPSA) is 65.0 Å². The predicted octanol–water partition coefficient (Wildman–Crippen LogP) is 4.72. The molecule has 0 aliphatic heterocycles. The van der Waals surface area contributed by atoms with E-state index in [-0.39, 0.29) is 18.8 Å². The summed E-state index contributed by atoms with van der Waals surface area (Å²) in [6.45, 7) is 2.34. The third kappa shape index (κ3) is 7.18. The van der Waals surface area contributed by atoms with E-state index in [0.29, 0.717) is 17.9 Å². The zero-order chi connectivity index (χ0) is 19.9. The molecule has 0 saturated heterocycles. The summed E-state index contributed by atoms with van der Waals surface area (Å²) in [5.41, 5.74) is 1.40. The minimum atomic E-state index is -4.72. The van der Waals surface area contributed by atoms with E-state index in [1.807, 2.05) is 0 Å². The molecule has 0 amide bonds. The fourth-order valence-electron chi connectivity index (χ4n) is 2.37. The number of carboxylic acids is 1. The smallest absolute Gasteiger partial charge is 0.489 e. The Hall–Kier alpha value is -2.74. The van der Waals surface area contributed by atoms with Gasteiger partial charge in [-0.05, 0) is 42.3 Å². The van der Waals surface area contributed by atoms with E-state index in [1.54, 1.807) is 31.2 Å². The highest BCUT2D eigenvalue weighted by atomic mass is 19.4. The van der Waals surface area contributed by atoms with E-state index in [2.05, 4.69) is 4.74 Å². The number of aliphatic carboxylic acids is 1. The average Bonchev–Trinajstić information content (AvgIpc) is 2.60. The Morgan fingerprint density at radius 1 is 1.04 bits per heavy atom. The molecule has 0 heterocycles. The summed E-state index contributed by atoms with van der Waals surface area (Å²) in [5, 5.41) is 8.94. The summed E-state index contributed by atoms with van der Waals surface area (Å²) in [4.78, 5) is 10.9. The summed E-state index contributed by atoms with van der Waals surface area (Å²) in [7, 11) is 0. The van der Waals surface area contributed by atoms with Gasteiger partial charge in [-0.2, -0.15) is 0 Å². The van der Waals surface area contributed by atoms with E-state index in [9.17, 15) is 18.0 Å². The number of carbonyl (C=O) groups is 1. The first-order chi connectivity index (χ1) is 12.8. The van der Waals surface area contributed by atoms with Crippen LogP contribution in [0.3, 0.4) is 0 Å². The maximum absolute atomic E-state index is 12.1. The van der Waals surface area contributed by atoms with Gasteiger partial charge in [0.25, 0.3) is 0 Å². The molecule has 0 aliphatic rings. The molecule has 0 aromatic heterocycles. The number of alkyl halides is 3. The van der Waals surface area contributed by atoms with E-state index in [1.165, 1.54) is 24.3 Å². The lowest BCUT2D eigenvalue weighted by Crippen LogP contribution is -2.17. The molecule has 0 aliphatic carbocycles. The normalized spacial score (nSPS) is 12.4. The summed E-state index contributed by atoms with van der Waals surface area (Å²) in [5.74, 6) is -0.706. The first-order valence-electron chi connectivity index (χ1n) is 8.17. The summed E-state index contributed by atoms with van der Waals surface area (Å²) < 4.78 is 51.2. The highest BCUT2D eigenvalue weighted by Gasteiger charge is 2.30. The van der Waals surface area contributed by atoms with Crippen LogP contribution in [0.2, 0.25) is 0 Å². The number of benzene rings is 2. The van der Waals surface area contributed by atoms with Crippen LogP contribution in [0.4, 0.5) is 13.2 Å². The Morgan fingerprint density at radius 2 is 1.63 bits per heavy atom. The Labute approximate surface area is 154 Å². The summed E-state index contributed by atoms with van der Waals surface area (Å²) in [6, 6.07) is 12.2. The second kappa shape index (κ2) is 9.27. The van der Waals surface area contributed by atoms with Gasteiger partial charge in [0.15, 0.2) is 0 Å². The molecule has 1 atom stereocenters. The van der Waals surface area contributed by atoms with Gasteiger partial charge in [0.05, 0.1) is 12.5 Å². The van der Waals surface area contributed by atoms with Crippen molar-refractivity contribution in [3.05, 3.63) is 59.7 Å². The lowest BCUT2D eigenvalue weighted by molar-refractivity contribution is -0.274. The fraction of sp³-hybridized carbons (Fsp3) is 0.316. The van der Waals surface area contributed by atoms with Gasteiger partial charge in [-0.15, -0.1) is 13.2 Å². The Bertz CT molecular complexity index is 727. The van der Waals surface area contributed by atoms with Gasteiger partial charge in [-0.3, -0.25) is 4.79 Å².